The topological polar surface area (TPSA) is 67.4 Å². The van der Waals surface area contributed by atoms with Crippen LogP contribution in [0.1, 0.15) is 25.5 Å². The summed E-state index contributed by atoms with van der Waals surface area (Å²) >= 11 is 0. The van der Waals surface area contributed by atoms with Gasteiger partial charge in [0, 0.05) is 6.04 Å². The molecule has 1 aromatic rings. The first-order chi connectivity index (χ1) is 9.13. The lowest BCUT2D eigenvalue weighted by molar-refractivity contribution is -0.150. The smallest absolute Gasteiger partial charge is 0.315 e. The van der Waals surface area contributed by atoms with Gasteiger partial charge in [0.15, 0.2) is 0 Å². The van der Waals surface area contributed by atoms with Gasteiger partial charge in [-0.15, -0.1) is 0 Å². The zero-order chi connectivity index (χ0) is 13.8. The largest absolute Gasteiger partial charge is 0.466 e. The third-order valence-electron chi connectivity index (χ3n) is 3.26. The summed E-state index contributed by atoms with van der Waals surface area (Å²) in [7, 11) is 0. The summed E-state index contributed by atoms with van der Waals surface area (Å²) in [4.78, 5) is 23.7. The van der Waals surface area contributed by atoms with Crippen molar-refractivity contribution in [3.05, 3.63) is 35.9 Å². The van der Waals surface area contributed by atoms with Crippen molar-refractivity contribution in [2.75, 3.05) is 6.61 Å². The molecule has 0 radical (unpaired) electrons. The van der Waals surface area contributed by atoms with Crippen LogP contribution in [0.4, 0.5) is 4.79 Å². The van der Waals surface area contributed by atoms with Crippen molar-refractivity contribution in [1.82, 2.24) is 10.6 Å². The highest BCUT2D eigenvalue weighted by molar-refractivity contribution is 5.82. The molecular formula is C14H18N2O3. The van der Waals surface area contributed by atoms with Crippen molar-refractivity contribution in [3.8, 4) is 0 Å². The Balaban J connectivity index is 2.29. The van der Waals surface area contributed by atoms with Crippen LogP contribution in [0, 0.1) is 5.92 Å². The van der Waals surface area contributed by atoms with Gasteiger partial charge >= 0.3 is 12.0 Å². The molecule has 1 aliphatic heterocycles. The van der Waals surface area contributed by atoms with E-state index < -0.39 is 5.92 Å². The summed E-state index contributed by atoms with van der Waals surface area (Å²) in [5.74, 6) is -0.726. The van der Waals surface area contributed by atoms with Gasteiger partial charge in [-0.05, 0) is 19.4 Å². The van der Waals surface area contributed by atoms with Gasteiger partial charge in [0.1, 0.15) is 5.92 Å². The van der Waals surface area contributed by atoms with Gasteiger partial charge in [-0.2, -0.15) is 0 Å². The Morgan fingerprint density at radius 2 is 1.95 bits per heavy atom. The number of benzene rings is 1. The fourth-order valence-corrected chi connectivity index (χ4v) is 2.39. The number of urea groups is 1. The Hall–Kier alpha value is -2.04. The van der Waals surface area contributed by atoms with Gasteiger partial charge < -0.3 is 15.4 Å². The lowest BCUT2D eigenvalue weighted by Gasteiger charge is -2.36. The summed E-state index contributed by atoms with van der Waals surface area (Å²) in [6.07, 6.45) is 0. The number of esters is 1. The molecule has 0 bridgehead atoms. The molecule has 19 heavy (non-hydrogen) atoms. The van der Waals surface area contributed by atoms with E-state index in [0.29, 0.717) is 6.61 Å². The molecule has 1 saturated heterocycles. The average Bonchev–Trinajstić information content (AvgIpc) is 2.39. The van der Waals surface area contributed by atoms with Gasteiger partial charge in [-0.1, -0.05) is 30.3 Å². The quantitative estimate of drug-likeness (QED) is 0.813. The molecule has 5 heteroatoms. The fourth-order valence-electron chi connectivity index (χ4n) is 2.39. The number of amides is 2. The molecule has 0 aliphatic carbocycles. The maximum absolute atomic E-state index is 12.1. The molecule has 1 aromatic carbocycles. The average molecular weight is 262 g/mol. The van der Waals surface area contributed by atoms with Gasteiger partial charge in [-0.3, -0.25) is 4.79 Å². The molecule has 2 rings (SSSR count). The third-order valence-corrected chi connectivity index (χ3v) is 3.26. The van der Waals surface area contributed by atoms with Crippen LogP contribution in [0.2, 0.25) is 0 Å². The van der Waals surface area contributed by atoms with Crippen LogP contribution in [-0.2, 0) is 9.53 Å². The van der Waals surface area contributed by atoms with Gasteiger partial charge in [0.2, 0.25) is 0 Å². The number of hydrogen-bond donors (Lipinski definition) is 2. The van der Waals surface area contributed by atoms with Crippen LogP contribution < -0.4 is 10.6 Å². The molecule has 1 fully saturated rings. The summed E-state index contributed by atoms with van der Waals surface area (Å²) < 4.78 is 5.11. The van der Waals surface area contributed by atoms with Crippen LogP contribution in [0.3, 0.4) is 0 Å². The number of ether oxygens (including phenoxy) is 1. The minimum Gasteiger partial charge on any atom is -0.466 e. The maximum Gasteiger partial charge on any atom is 0.315 e. The van der Waals surface area contributed by atoms with Gasteiger partial charge in [-0.25, -0.2) is 4.79 Å². The second-order valence-electron chi connectivity index (χ2n) is 4.57. The molecule has 5 nitrogen and oxygen atoms in total. The summed E-state index contributed by atoms with van der Waals surface area (Å²) in [5, 5.41) is 5.52. The van der Waals surface area contributed by atoms with Crippen molar-refractivity contribution in [2.45, 2.75) is 25.9 Å². The highest BCUT2D eigenvalue weighted by Gasteiger charge is 2.40. The predicted molar refractivity (Wildman–Crippen MR) is 70.4 cm³/mol. The number of carbonyl (C=O) groups excluding carboxylic acids is 2. The number of hydrogen-bond acceptors (Lipinski definition) is 3. The summed E-state index contributed by atoms with van der Waals surface area (Å²) in [6.45, 7) is 3.92. The van der Waals surface area contributed by atoms with E-state index in [2.05, 4.69) is 10.6 Å². The van der Waals surface area contributed by atoms with E-state index in [-0.39, 0.29) is 24.1 Å². The Morgan fingerprint density at radius 1 is 1.26 bits per heavy atom. The maximum atomic E-state index is 12.1. The molecule has 2 amide bonds. The van der Waals surface area contributed by atoms with Crippen molar-refractivity contribution in [3.63, 3.8) is 0 Å². The zero-order valence-electron chi connectivity index (χ0n) is 11.1. The number of nitrogens with one attached hydrogen (secondary N) is 2. The lowest BCUT2D eigenvalue weighted by Crippen LogP contribution is -2.57. The van der Waals surface area contributed by atoms with Crippen molar-refractivity contribution < 1.29 is 14.3 Å². The molecule has 0 aromatic heterocycles. The van der Waals surface area contributed by atoms with Crippen LogP contribution >= 0.6 is 0 Å². The molecule has 0 saturated carbocycles. The molecule has 0 unspecified atom stereocenters. The number of rotatable bonds is 3. The molecule has 2 N–H and O–H groups in total. The Labute approximate surface area is 112 Å². The minimum absolute atomic E-state index is 0.262. The van der Waals surface area contributed by atoms with Crippen LogP contribution in [0.15, 0.2) is 30.3 Å². The molecule has 102 valence electrons. The Bertz CT molecular complexity index is 461. The van der Waals surface area contributed by atoms with E-state index >= 15 is 0 Å². The monoisotopic (exact) mass is 262 g/mol. The van der Waals surface area contributed by atoms with Crippen molar-refractivity contribution in [1.29, 1.82) is 0 Å². The highest BCUT2D eigenvalue weighted by Crippen LogP contribution is 2.28. The molecular weight excluding hydrogens is 244 g/mol. The lowest BCUT2D eigenvalue weighted by atomic mass is 9.86. The summed E-state index contributed by atoms with van der Waals surface area (Å²) in [6, 6.07) is 8.58. The van der Waals surface area contributed by atoms with Gasteiger partial charge in [0.05, 0.1) is 12.6 Å². The summed E-state index contributed by atoms with van der Waals surface area (Å²) in [5.41, 5.74) is 0.905. The molecule has 1 aliphatic rings. The van der Waals surface area contributed by atoms with Crippen molar-refractivity contribution in [2.24, 2.45) is 5.92 Å². The first-order valence-corrected chi connectivity index (χ1v) is 6.42. The first kappa shape index (κ1) is 13.4. The second-order valence-corrected chi connectivity index (χ2v) is 4.57. The molecule has 3 atom stereocenters. The standard InChI is InChI=1S/C14H18N2O3/c1-3-19-13(17)11-9(2)15-14(18)16-12(11)10-7-5-4-6-8-10/h4-9,11-12H,3H2,1-2H3,(H2,15,16,18)/t9-,11-,12+/m1/s1. The molecule has 0 spiro atoms. The van der Waals surface area contributed by atoms with E-state index in [1.54, 1.807) is 6.92 Å². The van der Waals surface area contributed by atoms with Crippen LogP contribution in [-0.4, -0.2) is 24.6 Å². The Kier molecular flexibility index (Phi) is 4.04. The first-order valence-electron chi connectivity index (χ1n) is 6.42. The van der Waals surface area contributed by atoms with Crippen molar-refractivity contribution >= 4 is 12.0 Å². The predicted octanol–water partition coefficient (Wildman–Crippen LogP) is 1.61. The minimum atomic E-state index is -0.431. The second kappa shape index (κ2) is 5.73. The SMILES string of the molecule is CCOC(=O)[C@@H]1[C@@H](C)NC(=O)N[C@H]1c1ccccc1. The third kappa shape index (κ3) is 2.86. The fraction of sp³-hybridized carbons (Fsp3) is 0.429. The van der Waals surface area contributed by atoms with E-state index in [1.807, 2.05) is 37.3 Å². The van der Waals surface area contributed by atoms with Gasteiger partial charge in [0.25, 0.3) is 0 Å². The molecule has 1 heterocycles. The van der Waals surface area contributed by atoms with Crippen LogP contribution in [0.25, 0.3) is 0 Å². The number of carbonyl (C=O) groups is 2. The van der Waals surface area contributed by atoms with Crippen LogP contribution in [0.5, 0.6) is 0 Å². The van der Waals surface area contributed by atoms with E-state index in [0.717, 1.165) is 5.56 Å². The van der Waals surface area contributed by atoms with E-state index in [1.165, 1.54) is 0 Å². The highest BCUT2D eigenvalue weighted by atomic mass is 16.5. The van der Waals surface area contributed by atoms with E-state index in [9.17, 15) is 9.59 Å². The van der Waals surface area contributed by atoms with E-state index in [4.69, 9.17) is 4.74 Å². The normalized spacial score (nSPS) is 26.2. The zero-order valence-corrected chi connectivity index (χ0v) is 11.1. The Morgan fingerprint density at radius 3 is 2.58 bits per heavy atom.